The molecule has 1 N–H and O–H groups in total. The molecule has 0 saturated carbocycles. The molecule has 1 unspecified atom stereocenters. The zero-order chi connectivity index (χ0) is 16.4. The minimum absolute atomic E-state index is 0.265. The molecule has 0 spiro atoms. The average Bonchev–Trinajstić information content (AvgIpc) is 2.37. The van der Waals surface area contributed by atoms with Gasteiger partial charge in [0.15, 0.2) is 0 Å². The molecule has 21 heavy (non-hydrogen) atoms. The number of hydrogen-bond acceptors (Lipinski definition) is 4. The number of unbranched alkanes of at least 4 members (excludes halogenated alkanes) is 1. The highest BCUT2D eigenvalue weighted by Gasteiger charge is 2.33. The minimum atomic E-state index is -4.17. The van der Waals surface area contributed by atoms with E-state index in [1.807, 2.05) is 6.92 Å². The first-order chi connectivity index (χ1) is 9.75. The monoisotopic (exact) mass is 313 g/mol. The normalized spacial score (nSPS) is 14.8. The summed E-state index contributed by atoms with van der Waals surface area (Å²) >= 11 is 0. The van der Waals surface area contributed by atoms with Gasteiger partial charge in [0.1, 0.15) is 5.54 Å². The number of carbonyl (C=O) groups is 1. The lowest BCUT2D eigenvalue weighted by Gasteiger charge is -2.28. The molecule has 0 aromatic carbocycles. The highest BCUT2D eigenvalue weighted by Crippen LogP contribution is 2.19. The minimum Gasteiger partial charge on any atom is -0.465 e. The molecule has 0 aliphatic carbocycles. The van der Waals surface area contributed by atoms with E-state index in [0.717, 1.165) is 0 Å². The van der Waals surface area contributed by atoms with Crippen molar-refractivity contribution < 1.29 is 27.4 Å². The van der Waals surface area contributed by atoms with E-state index in [9.17, 15) is 18.0 Å². The molecule has 0 aromatic rings. The Bertz CT molecular complexity index is 298. The van der Waals surface area contributed by atoms with Crippen LogP contribution in [0.15, 0.2) is 0 Å². The van der Waals surface area contributed by atoms with E-state index in [4.69, 9.17) is 9.47 Å². The number of carbonyl (C=O) groups excluding carboxylic acids is 1. The second-order valence-electron chi connectivity index (χ2n) is 5.02. The van der Waals surface area contributed by atoms with Gasteiger partial charge in [-0.15, -0.1) is 0 Å². The van der Waals surface area contributed by atoms with Gasteiger partial charge < -0.3 is 14.8 Å². The Morgan fingerprint density at radius 3 is 2.29 bits per heavy atom. The summed E-state index contributed by atoms with van der Waals surface area (Å²) < 4.78 is 45.7. The lowest BCUT2D eigenvalue weighted by atomic mass is 9.95. The van der Waals surface area contributed by atoms with Gasteiger partial charge in [0.25, 0.3) is 0 Å². The summed E-state index contributed by atoms with van der Waals surface area (Å²) in [5, 5.41) is 3.10. The molecule has 0 aliphatic rings. The van der Waals surface area contributed by atoms with Crippen molar-refractivity contribution in [3.8, 4) is 0 Å². The summed E-state index contributed by atoms with van der Waals surface area (Å²) in [7, 11) is 0. The maximum atomic E-state index is 11.9. The van der Waals surface area contributed by atoms with Crippen LogP contribution in [0.5, 0.6) is 0 Å². The number of ether oxygens (including phenoxy) is 2. The summed E-state index contributed by atoms with van der Waals surface area (Å²) in [6, 6.07) is 0. The average molecular weight is 313 g/mol. The molecule has 0 aromatic heterocycles. The Morgan fingerprint density at radius 2 is 1.76 bits per heavy atom. The third kappa shape index (κ3) is 9.68. The highest BCUT2D eigenvalue weighted by molar-refractivity contribution is 5.80. The fourth-order valence-electron chi connectivity index (χ4n) is 1.92. The number of nitrogens with one attached hydrogen (secondary N) is 1. The SMILES string of the molecule is CCNC(C)(CCCCOCCC(F)(F)F)C(=O)OCC. The molecule has 0 amide bonds. The number of hydrogen-bond donors (Lipinski definition) is 1. The third-order valence-electron chi connectivity index (χ3n) is 3.04. The van der Waals surface area contributed by atoms with E-state index in [1.165, 1.54) is 0 Å². The van der Waals surface area contributed by atoms with E-state index in [-0.39, 0.29) is 19.2 Å². The molecule has 126 valence electrons. The number of alkyl halides is 3. The lowest BCUT2D eigenvalue weighted by Crippen LogP contribution is -2.50. The van der Waals surface area contributed by atoms with E-state index in [2.05, 4.69) is 5.32 Å². The molecule has 0 aliphatic heterocycles. The van der Waals surface area contributed by atoms with Crippen molar-refractivity contribution >= 4 is 5.97 Å². The Morgan fingerprint density at radius 1 is 1.10 bits per heavy atom. The molecule has 1 atom stereocenters. The predicted octanol–water partition coefficient (Wildman–Crippen LogP) is 3.06. The highest BCUT2D eigenvalue weighted by atomic mass is 19.4. The van der Waals surface area contributed by atoms with Crippen molar-refractivity contribution in [1.29, 1.82) is 0 Å². The van der Waals surface area contributed by atoms with Gasteiger partial charge in [-0.1, -0.05) is 6.92 Å². The zero-order valence-corrected chi connectivity index (χ0v) is 13.0. The van der Waals surface area contributed by atoms with Crippen LogP contribution in [-0.4, -0.2) is 44.0 Å². The molecule has 0 heterocycles. The summed E-state index contributed by atoms with van der Waals surface area (Å²) in [4.78, 5) is 11.9. The van der Waals surface area contributed by atoms with Crippen LogP contribution in [0.25, 0.3) is 0 Å². The topological polar surface area (TPSA) is 47.6 Å². The molecule has 0 radical (unpaired) electrons. The van der Waals surface area contributed by atoms with Gasteiger partial charge in [0, 0.05) is 6.61 Å². The van der Waals surface area contributed by atoms with Gasteiger partial charge in [-0.2, -0.15) is 13.2 Å². The van der Waals surface area contributed by atoms with Gasteiger partial charge in [0.05, 0.1) is 19.6 Å². The predicted molar refractivity (Wildman–Crippen MR) is 74.1 cm³/mol. The van der Waals surface area contributed by atoms with Crippen LogP contribution >= 0.6 is 0 Å². The van der Waals surface area contributed by atoms with Gasteiger partial charge in [-0.25, -0.2) is 0 Å². The fraction of sp³-hybridized carbons (Fsp3) is 0.929. The van der Waals surface area contributed by atoms with Gasteiger partial charge in [0.2, 0.25) is 0 Å². The summed E-state index contributed by atoms with van der Waals surface area (Å²) in [5.41, 5.74) is -0.753. The third-order valence-corrected chi connectivity index (χ3v) is 3.04. The molecule has 0 saturated heterocycles. The quantitative estimate of drug-likeness (QED) is 0.470. The largest absolute Gasteiger partial charge is 0.465 e. The molecular formula is C14H26F3NO3. The van der Waals surface area contributed by atoms with Crippen molar-refractivity contribution in [1.82, 2.24) is 5.32 Å². The zero-order valence-electron chi connectivity index (χ0n) is 13.0. The Kier molecular flexibility index (Phi) is 9.61. The first-order valence-electron chi connectivity index (χ1n) is 7.32. The van der Waals surface area contributed by atoms with Crippen LogP contribution in [0.4, 0.5) is 13.2 Å². The van der Waals surface area contributed by atoms with Gasteiger partial charge in [-0.05, 0) is 39.7 Å². The molecular weight excluding hydrogens is 287 g/mol. The maximum absolute atomic E-state index is 11.9. The van der Waals surface area contributed by atoms with Crippen LogP contribution in [0, 0.1) is 0 Å². The Hall–Kier alpha value is -0.820. The smallest absolute Gasteiger partial charge is 0.391 e. The molecule has 7 heteroatoms. The van der Waals surface area contributed by atoms with Crippen molar-refractivity contribution in [2.75, 3.05) is 26.4 Å². The number of esters is 1. The molecule has 0 fully saturated rings. The molecule has 0 rings (SSSR count). The lowest BCUT2D eigenvalue weighted by molar-refractivity contribution is -0.151. The number of rotatable bonds is 11. The standard InChI is InChI=1S/C14H26F3NO3/c1-4-18-13(3,12(19)21-5-2)8-6-7-10-20-11-9-14(15,16)17/h18H,4-11H2,1-3H3. The van der Waals surface area contributed by atoms with Crippen LogP contribution in [0.2, 0.25) is 0 Å². The summed E-state index contributed by atoms with van der Waals surface area (Å²) in [6.07, 6.45) is -3.26. The van der Waals surface area contributed by atoms with Crippen molar-refractivity contribution in [3.05, 3.63) is 0 Å². The number of halogens is 3. The maximum Gasteiger partial charge on any atom is 0.391 e. The van der Waals surface area contributed by atoms with E-state index in [0.29, 0.717) is 32.4 Å². The summed E-state index contributed by atoms with van der Waals surface area (Å²) in [6.45, 7) is 6.33. The van der Waals surface area contributed by atoms with E-state index >= 15 is 0 Å². The second-order valence-corrected chi connectivity index (χ2v) is 5.02. The Balaban J connectivity index is 3.91. The van der Waals surface area contributed by atoms with Crippen molar-refractivity contribution in [2.45, 2.75) is 58.2 Å². The fourth-order valence-corrected chi connectivity index (χ4v) is 1.92. The number of likely N-dealkylation sites (N-methyl/N-ethyl adjacent to an activating group) is 1. The molecule has 4 nitrogen and oxygen atoms in total. The van der Waals surface area contributed by atoms with Gasteiger partial charge in [-0.3, -0.25) is 4.79 Å². The van der Waals surface area contributed by atoms with Crippen LogP contribution in [0.3, 0.4) is 0 Å². The summed E-state index contributed by atoms with van der Waals surface area (Å²) in [5.74, 6) is -0.301. The first-order valence-corrected chi connectivity index (χ1v) is 7.32. The van der Waals surface area contributed by atoms with Crippen LogP contribution in [-0.2, 0) is 14.3 Å². The molecule has 0 bridgehead atoms. The van der Waals surface area contributed by atoms with Crippen molar-refractivity contribution in [3.63, 3.8) is 0 Å². The Labute approximate surface area is 124 Å². The van der Waals surface area contributed by atoms with E-state index in [1.54, 1.807) is 13.8 Å². The van der Waals surface area contributed by atoms with Crippen molar-refractivity contribution in [2.24, 2.45) is 0 Å². The second kappa shape index (κ2) is 10.00. The van der Waals surface area contributed by atoms with Gasteiger partial charge >= 0.3 is 12.1 Å². The van der Waals surface area contributed by atoms with E-state index < -0.39 is 18.1 Å². The van der Waals surface area contributed by atoms with Crippen LogP contribution < -0.4 is 5.32 Å². The van der Waals surface area contributed by atoms with Crippen LogP contribution in [0.1, 0.15) is 46.5 Å². The first kappa shape index (κ1) is 20.2.